The normalized spacial score (nSPS) is 21.6. The Kier molecular flexibility index (Phi) is 3.84. The van der Waals surface area contributed by atoms with Gasteiger partial charge in [0.05, 0.1) is 6.04 Å². The number of nitrogens with one attached hydrogen (secondary N) is 1. The van der Waals surface area contributed by atoms with Gasteiger partial charge in [-0.1, -0.05) is 30.3 Å². The van der Waals surface area contributed by atoms with E-state index in [9.17, 15) is 9.59 Å². The third-order valence-corrected chi connectivity index (χ3v) is 4.97. The molecule has 0 aliphatic heterocycles. The van der Waals surface area contributed by atoms with Crippen LogP contribution in [-0.2, 0) is 4.79 Å². The number of hydrogen-bond donors (Lipinski definition) is 2. The number of ketones is 1. The Morgan fingerprint density at radius 1 is 1.14 bits per heavy atom. The fraction of sp³-hybridized carbons (Fsp3) is 0.250. The van der Waals surface area contributed by atoms with E-state index < -0.39 is 6.09 Å². The molecule has 0 saturated heterocycles. The monoisotopic (exact) mass is 301 g/mol. The summed E-state index contributed by atoms with van der Waals surface area (Å²) in [5.74, 6) is 0.118. The van der Waals surface area contributed by atoms with Crippen LogP contribution >= 0.6 is 11.8 Å². The van der Waals surface area contributed by atoms with Crippen molar-refractivity contribution in [2.45, 2.75) is 29.0 Å². The lowest BCUT2D eigenvalue weighted by Gasteiger charge is -2.18. The number of carbonyl (C=O) groups is 2. The first-order valence-corrected chi connectivity index (χ1v) is 7.66. The second kappa shape index (κ2) is 5.77. The van der Waals surface area contributed by atoms with Crippen molar-refractivity contribution >= 4 is 34.4 Å². The van der Waals surface area contributed by atoms with Crippen LogP contribution in [-0.4, -0.2) is 28.3 Å². The van der Waals surface area contributed by atoms with E-state index >= 15 is 0 Å². The number of amides is 1. The molecule has 2 atom stereocenters. The van der Waals surface area contributed by atoms with Crippen LogP contribution in [0.4, 0.5) is 4.79 Å². The number of thioether (sulfide) groups is 1. The van der Waals surface area contributed by atoms with Crippen LogP contribution < -0.4 is 5.32 Å². The third-order valence-electron chi connectivity index (χ3n) is 3.64. The van der Waals surface area contributed by atoms with Crippen LogP contribution in [0.15, 0.2) is 47.4 Å². The summed E-state index contributed by atoms with van der Waals surface area (Å²) in [7, 11) is 0. The molecule has 0 heterocycles. The minimum absolute atomic E-state index is 0.0326. The maximum atomic E-state index is 11.6. The highest BCUT2D eigenvalue weighted by Crippen LogP contribution is 2.34. The first-order valence-electron chi connectivity index (χ1n) is 6.78. The number of benzene rings is 2. The van der Waals surface area contributed by atoms with Crippen LogP contribution in [0.2, 0.25) is 0 Å². The molecule has 3 rings (SSSR count). The zero-order valence-electron chi connectivity index (χ0n) is 11.3. The van der Waals surface area contributed by atoms with E-state index in [1.807, 2.05) is 30.3 Å². The third kappa shape index (κ3) is 3.19. The van der Waals surface area contributed by atoms with Gasteiger partial charge in [0.2, 0.25) is 0 Å². The maximum Gasteiger partial charge on any atom is 0.404 e. The molecule has 0 unspecified atom stereocenters. The SMILES string of the molecule is O=C1C[C@H](Sc2ccc3ccccc3c2)[C@H](NC(=O)O)C1. The zero-order chi connectivity index (χ0) is 14.8. The molecule has 1 fully saturated rings. The van der Waals surface area contributed by atoms with Gasteiger partial charge in [0.25, 0.3) is 0 Å². The van der Waals surface area contributed by atoms with Crippen LogP contribution in [0, 0.1) is 0 Å². The Morgan fingerprint density at radius 2 is 1.90 bits per heavy atom. The fourth-order valence-electron chi connectivity index (χ4n) is 2.67. The van der Waals surface area contributed by atoms with Crippen molar-refractivity contribution in [1.29, 1.82) is 0 Å². The van der Waals surface area contributed by atoms with Crippen LogP contribution in [0.1, 0.15) is 12.8 Å². The second-order valence-corrected chi connectivity index (χ2v) is 6.48. The smallest absolute Gasteiger partial charge is 0.404 e. The molecule has 0 radical (unpaired) electrons. The Balaban J connectivity index is 1.79. The van der Waals surface area contributed by atoms with Crippen LogP contribution in [0.25, 0.3) is 10.8 Å². The van der Waals surface area contributed by atoms with Crippen molar-refractivity contribution in [3.8, 4) is 0 Å². The summed E-state index contributed by atoms with van der Waals surface area (Å²) in [6.45, 7) is 0. The van der Waals surface area contributed by atoms with Crippen molar-refractivity contribution in [2.75, 3.05) is 0 Å². The van der Waals surface area contributed by atoms with E-state index in [1.165, 1.54) is 5.39 Å². The van der Waals surface area contributed by atoms with Gasteiger partial charge in [0.1, 0.15) is 5.78 Å². The number of fused-ring (bicyclic) bond motifs is 1. The summed E-state index contributed by atoms with van der Waals surface area (Å²) in [5, 5.41) is 13.6. The molecule has 1 amide bonds. The minimum Gasteiger partial charge on any atom is -0.465 e. The van der Waals surface area contributed by atoms with Crippen molar-refractivity contribution in [1.82, 2.24) is 5.32 Å². The number of carboxylic acid groups (broad SMARTS) is 1. The molecule has 1 aliphatic carbocycles. The molecule has 108 valence electrons. The van der Waals surface area contributed by atoms with Gasteiger partial charge in [0.15, 0.2) is 0 Å². The number of hydrogen-bond acceptors (Lipinski definition) is 3. The summed E-state index contributed by atoms with van der Waals surface area (Å²) in [4.78, 5) is 23.5. The molecule has 4 nitrogen and oxygen atoms in total. The molecule has 2 N–H and O–H groups in total. The van der Waals surface area contributed by atoms with Crippen LogP contribution in [0.5, 0.6) is 0 Å². The molecular formula is C16H15NO3S. The lowest BCUT2D eigenvalue weighted by atomic mass is 10.1. The van der Waals surface area contributed by atoms with Crippen molar-refractivity contribution in [3.05, 3.63) is 42.5 Å². The summed E-state index contributed by atoms with van der Waals surface area (Å²) in [6.07, 6.45) is -0.362. The van der Waals surface area contributed by atoms with Gasteiger partial charge < -0.3 is 10.4 Å². The highest BCUT2D eigenvalue weighted by Gasteiger charge is 2.34. The van der Waals surface area contributed by atoms with Gasteiger partial charge in [-0.3, -0.25) is 4.79 Å². The van der Waals surface area contributed by atoms with Gasteiger partial charge >= 0.3 is 6.09 Å². The Morgan fingerprint density at radius 3 is 2.67 bits per heavy atom. The lowest BCUT2D eigenvalue weighted by molar-refractivity contribution is -0.117. The van der Waals surface area contributed by atoms with E-state index in [1.54, 1.807) is 11.8 Å². The van der Waals surface area contributed by atoms with Gasteiger partial charge in [-0.15, -0.1) is 11.8 Å². The van der Waals surface area contributed by atoms with Gasteiger partial charge in [0, 0.05) is 23.0 Å². The predicted molar refractivity (Wildman–Crippen MR) is 82.8 cm³/mol. The molecule has 0 aromatic heterocycles. The number of carbonyl (C=O) groups excluding carboxylic acids is 1. The number of rotatable bonds is 3. The summed E-state index contributed by atoms with van der Waals surface area (Å²) < 4.78 is 0. The standard InChI is InChI=1S/C16H15NO3S/c18-12-8-14(17-16(19)20)15(9-12)21-13-6-5-10-3-1-2-4-11(10)7-13/h1-7,14-15,17H,8-9H2,(H,19,20)/t14-,15+/m1/s1. The molecule has 2 aromatic rings. The Bertz CT molecular complexity index is 701. The van der Waals surface area contributed by atoms with Crippen LogP contribution in [0.3, 0.4) is 0 Å². The highest BCUT2D eigenvalue weighted by atomic mass is 32.2. The van der Waals surface area contributed by atoms with Gasteiger partial charge in [-0.25, -0.2) is 4.79 Å². The molecule has 21 heavy (non-hydrogen) atoms. The van der Waals surface area contributed by atoms with E-state index in [0.29, 0.717) is 6.42 Å². The van der Waals surface area contributed by atoms with E-state index in [-0.39, 0.29) is 23.5 Å². The lowest BCUT2D eigenvalue weighted by Crippen LogP contribution is -2.37. The van der Waals surface area contributed by atoms with Crippen molar-refractivity contribution in [3.63, 3.8) is 0 Å². The average molecular weight is 301 g/mol. The molecule has 1 aliphatic rings. The van der Waals surface area contributed by atoms with E-state index in [4.69, 9.17) is 5.11 Å². The fourth-order valence-corrected chi connectivity index (χ4v) is 3.96. The molecule has 1 saturated carbocycles. The van der Waals surface area contributed by atoms with Gasteiger partial charge in [-0.2, -0.15) is 0 Å². The topological polar surface area (TPSA) is 66.4 Å². The average Bonchev–Trinajstić information content (AvgIpc) is 2.77. The second-order valence-electron chi connectivity index (χ2n) is 5.17. The minimum atomic E-state index is -1.07. The van der Waals surface area contributed by atoms with E-state index in [0.717, 1.165) is 10.3 Å². The number of Topliss-reactive ketones (excluding diaryl/α,β-unsaturated/α-hetero) is 1. The summed E-state index contributed by atoms with van der Waals surface area (Å²) in [6, 6.07) is 13.9. The summed E-state index contributed by atoms with van der Waals surface area (Å²) in [5.41, 5.74) is 0. The quantitative estimate of drug-likeness (QED) is 0.913. The molecule has 2 aromatic carbocycles. The van der Waals surface area contributed by atoms with E-state index in [2.05, 4.69) is 17.4 Å². The Labute approximate surface area is 126 Å². The Hall–Kier alpha value is -2.01. The molecule has 0 bridgehead atoms. The van der Waals surface area contributed by atoms with Crippen molar-refractivity contribution in [2.24, 2.45) is 0 Å². The maximum absolute atomic E-state index is 11.6. The van der Waals surface area contributed by atoms with Gasteiger partial charge in [-0.05, 0) is 22.9 Å². The zero-order valence-corrected chi connectivity index (χ0v) is 12.1. The summed E-state index contributed by atoms with van der Waals surface area (Å²) >= 11 is 1.57. The molecular weight excluding hydrogens is 286 g/mol. The predicted octanol–water partition coefficient (Wildman–Crippen LogP) is 3.30. The molecule has 0 spiro atoms. The first-order chi connectivity index (χ1) is 10.1. The highest BCUT2D eigenvalue weighted by molar-refractivity contribution is 8.00. The largest absolute Gasteiger partial charge is 0.465 e. The molecule has 5 heteroatoms. The van der Waals surface area contributed by atoms with Crippen molar-refractivity contribution < 1.29 is 14.7 Å². The first kappa shape index (κ1) is 13.9.